The summed E-state index contributed by atoms with van der Waals surface area (Å²) in [5.41, 5.74) is 4.11. The summed E-state index contributed by atoms with van der Waals surface area (Å²) in [6.07, 6.45) is 1.96. The van der Waals surface area contributed by atoms with E-state index in [0.717, 1.165) is 42.4 Å². The third kappa shape index (κ3) is 4.35. The number of para-hydroxylation sites is 1. The van der Waals surface area contributed by atoms with Crippen LogP contribution in [0, 0.1) is 6.92 Å². The molecule has 2 aromatic carbocycles. The van der Waals surface area contributed by atoms with E-state index in [0.29, 0.717) is 18.1 Å². The first-order chi connectivity index (χ1) is 15.2. The highest BCUT2D eigenvalue weighted by atomic mass is 32.1. The maximum absolute atomic E-state index is 12.9. The number of aryl methyl sites for hydroxylation is 1. The van der Waals surface area contributed by atoms with Crippen molar-refractivity contribution in [3.63, 3.8) is 0 Å². The first-order valence-electron chi connectivity index (χ1n) is 10.7. The number of thiazole rings is 1. The van der Waals surface area contributed by atoms with Crippen molar-refractivity contribution < 1.29 is 9.53 Å². The molecule has 1 amide bonds. The number of nitrogens with zero attached hydrogens (tertiary/aromatic N) is 2. The van der Waals surface area contributed by atoms with Gasteiger partial charge in [-0.25, -0.2) is 4.98 Å². The number of hydrogen-bond donors (Lipinski definition) is 1. The molecule has 4 aromatic rings. The van der Waals surface area contributed by atoms with Gasteiger partial charge in [0.25, 0.3) is 5.91 Å². The average Bonchev–Trinajstić information content (AvgIpc) is 3.43. The van der Waals surface area contributed by atoms with Crippen LogP contribution in [-0.2, 0) is 6.61 Å². The molecule has 1 aliphatic rings. The number of H-pyrrole nitrogens is 1. The van der Waals surface area contributed by atoms with Gasteiger partial charge in [0, 0.05) is 41.2 Å². The Morgan fingerprint density at radius 3 is 2.65 bits per heavy atom. The Kier molecular flexibility index (Phi) is 5.47. The number of fused-ring (bicyclic) bond motifs is 1. The van der Waals surface area contributed by atoms with Crippen LogP contribution in [0.15, 0.2) is 60.0 Å². The Morgan fingerprint density at radius 2 is 1.94 bits per heavy atom. The second-order valence-corrected chi connectivity index (χ2v) is 9.11. The van der Waals surface area contributed by atoms with Crippen LogP contribution in [0.2, 0.25) is 0 Å². The first-order valence-corrected chi connectivity index (χ1v) is 11.5. The number of amides is 1. The summed E-state index contributed by atoms with van der Waals surface area (Å²) in [6.45, 7) is 3.98. The number of nitrogens with one attached hydrogen (secondary N) is 1. The van der Waals surface area contributed by atoms with Crippen molar-refractivity contribution in [2.75, 3.05) is 13.1 Å². The summed E-state index contributed by atoms with van der Waals surface area (Å²) in [6, 6.07) is 18.1. The van der Waals surface area contributed by atoms with Crippen LogP contribution in [0.4, 0.5) is 0 Å². The molecule has 158 valence electrons. The van der Waals surface area contributed by atoms with Gasteiger partial charge in [-0.05, 0) is 61.5 Å². The maximum atomic E-state index is 12.9. The van der Waals surface area contributed by atoms with Crippen LogP contribution < -0.4 is 4.74 Å². The summed E-state index contributed by atoms with van der Waals surface area (Å²) in [7, 11) is 0. The van der Waals surface area contributed by atoms with Crippen molar-refractivity contribution in [2.45, 2.75) is 32.3 Å². The van der Waals surface area contributed by atoms with E-state index >= 15 is 0 Å². The largest absolute Gasteiger partial charge is 0.487 e. The summed E-state index contributed by atoms with van der Waals surface area (Å²) < 4.78 is 5.79. The van der Waals surface area contributed by atoms with Crippen LogP contribution in [-0.4, -0.2) is 33.9 Å². The number of aromatic nitrogens is 2. The topological polar surface area (TPSA) is 58.2 Å². The van der Waals surface area contributed by atoms with E-state index in [1.807, 2.05) is 41.5 Å². The normalized spacial score (nSPS) is 14.8. The minimum Gasteiger partial charge on any atom is -0.487 e. The monoisotopic (exact) mass is 431 g/mol. The highest BCUT2D eigenvalue weighted by Gasteiger charge is 2.25. The maximum Gasteiger partial charge on any atom is 0.253 e. The van der Waals surface area contributed by atoms with Crippen molar-refractivity contribution >= 4 is 28.1 Å². The van der Waals surface area contributed by atoms with Gasteiger partial charge in [-0.1, -0.05) is 18.2 Å². The highest BCUT2D eigenvalue weighted by Crippen LogP contribution is 2.30. The fraction of sp³-hybridized carbons (Fsp3) is 0.280. The predicted octanol–water partition coefficient (Wildman–Crippen LogP) is 5.53. The van der Waals surface area contributed by atoms with E-state index in [1.54, 1.807) is 11.3 Å². The second kappa shape index (κ2) is 8.55. The Hall–Kier alpha value is -3.12. The van der Waals surface area contributed by atoms with Crippen molar-refractivity contribution in [1.29, 1.82) is 0 Å². The molecular weight excluding hydrogens is 406 g/mol. The van der Waals surface area contributed by atoms with Gasteiger partial charge >= 0.3 is 0 Å². The van der Waals surface area contributed by atoms with E-state index < -0.39 is 0 Å². The summed E-state index contributed by atoms with van der Waals surface area (Å²) >= 11 is 1.62. The van der Waals surface area contributed by atoms with Gasteiger partial charge in [0.15, 0.2) is 0 Å². The minimum atomic E-state index is 0.0942. The number of carbonyl (C=O) groups excluding carboxylic acids is 1. The number of piperidine rings is 1. The molecule has 0 bridgehead atoms. The smallest absolute Gasteiger partial charge is 0.253 e. The zero-order chi connectivity index (χ0) is 21.2. The van der Waals surface area contributed by atoms with Crippen LogP contribution >= 0.6 is 11.3 Å². The fourth-order valence-corrected chi connectivity index (χ4v) is 4.81. The van der Waals surface area contributed by atoms with Gasteiger partial charge in [-0.3, -0.25) is 4.79 Å². The Labute approximate surface area is 185 Å². The van der Waals surface area contributed by atoms with Gasteiger partial charge in [0.1, 0.15) is 12.4 Å². The Bertz CT molecular complexity index is 1150. The van der Waals surface area contributed by atoms with E-state index in [9.17, 15) is 4.79 Å². The second-order valence-electron chi connectivity index (χ2n) is 8.05. The molecule has 31 heavy (non-hydrogen) atoms. The number of hydrogen-bond acceptors (Lipinski definition) is 4. The zero-order valence-electron chi connectivity index (χ0n) is 17.5. The van der Waals surface area contributed by atoms with E-state index in [1.165, 1.54) is 16.6 Å². The molecule has 0 atom stereocenters. The first kappa shape index (κ1) is 19.8. The fourth-order valence-electron chi connectivity index (χ4n) is 4.22. The number of likely N-dealkylation sites (tertiary alicyclic amines) is 1. The predicted molar refractivity (Wildman–Crippen MR) is 124 cm³/mol. The molecule has 0 radical (unpaired) electrons. The summed E-state index contributed by atoms with van der Waals surface area (Å²) in [5, 5.41) is 4.29. The van der Waals surface area contributed by atoms with E-state index in [2.05, 4.69) is 40.3 Å². The van der Waals surface area contributed by atoms with E-state index in [4.69, 9.17) is 4.74 Å². The summed E-state index contributed by atoms with van der Waals surface area (Å²) in [4.78, 5) is 22.9. The lowest BCUT2D eigenvalue weighted by Crippen LogP contribution is -2.37. The van der Waals surface area contributed by atoms with Crippen molar-refractivity contribution in [2.24, 2.45) is 0 Å². The quantitative estimate of drug-likeness (QED) is 0.452. The standard InChI is InChI=1S/C25H25N3O2S/c1-17-26-21(16-31-17)15-30-22-8-6-19(7-9-22)25(29)28-12-10-18(11-13-28)24-14-20-4-2-3-5-23(20)27-24/h2-9,14,16,18,27H,10-13,15H2,1H3. The number of ether oxygens (including phenoxy) is 1. The number of rotatable bonds is 5. The molecule has 2 aromatic heterocycles. The van der Waals surface area contributed by atoms with Crippen LogP contribution in [0.25, 0.3) is 10.9 Å². The van der Waals surface area contributed by atoms with Crippen molar-refractivity contribution in [1.82, 2.24) is 14.9 Å². The highest BCUT2D eigenvalue weighted by molar-refractivity contribution is 7.09. The third-order valence-corrected chi connectivity index (χ3v) is 6.75. The minimum absolute atomic E-state index is 0.0942. The van der Waals surface area contributed by atoms with Crippen molar-refractivity contribution in [3.8, 4) is 5.75 Å². The third-order valence-electron chi connectivity index (χ3n) is 5.93. The molecule has 0 unspecified atom stereocenters. The van der Waals surface area contributed by atoms with Gasteiger partial charge < -0.3 is 14.6 Å². The molecule has 0 saturated carbocycles. The molecule has 5 nitrogen and oxygen atoms in total. The molecule has 1 N–H and O–H groups in total. The zero-order valence-corrected chi connectivity index (χ0v) is 18.3. The lowest BCUT2D eigenvalue weighted by atomic mass is 9.93. The van der Waals surface area contributed by atoms with E-state index in [-0.39, 0.29) is 5.91 Å². The molecule has 0 spiro atoms. The van der Waals surface area contributed by atoms with Crippen LogP contribution in [0.3, 0.4) is 0 Å². The molecule has 5 rings (SSSR count). The molecule has 1 fully saturated rings. The lowest BCUT2D eigenvalue weighted by molar-refractivity contribution is 0.0712. The van der Waals surface area contributed by atoms with Gasteiger partial charge in [0.05, 0.1) is 10.7 Å². The molecule has 1 aliphatic heterocycles. The van der Waals surface area contributed by atoms with Crippen LogP contribution in [0.1, 0.15) is 45.5 Å². The molecule has 6 heteroatoms. The molecule has 0 aliphatic carbocycles. The van der Waals surface area contributed by atoms with Gasteiger partial charge in [0.2, 0.25) is 0 Å². The Balaban J connectivity index is 1.17. The van der Waals surface area contributed by atoms with Crippen molar-refractivity contribution in [3.05, 3.63) is 81.9 Å². The van der Waals surface area contributed by atoms with Gasteiger partial charge in [-0.15, -0.1) is 11.3 Å². The lowest BCUT2D eigenvalue weighted by Gasteiger charge is -2.31. The summed E-state index contributed by atoms with van der Waals surface area (Å²) in [5.74, 6) is 1.32. The molecular formula is C25H25N3O2S. The molecule has 1 saturated heterocycles. The molecule has 3 heterocycles. The average molecular weight is 432 g/mol. The number of benzene rings is 2. The van der Waals surface area contributed by atoms with Gasteiger partial charge in [-0.2, -0.15) is 0 Å². The number of carbonyl (C=O) groups is 1. The SMILES string of the molecule is Cc1nc(COc2ccc(C(=O)N3CCC(c4cc5ccccc5[nH]4)CC3)cc2)cs1. The number of aromatic amines is 1. The Morgan fingerprint density at radius 1 is 1.16 bits per heavy atom. The van der Waals surface area contributed by atoms with Crippen LogP contribution in [0.5, 0.6) is 5.75 Å².